The van der Waals surface area contributed by atoms with Crippen LogP contribution in [0.15, 0.2) is 11.9 Å². The van der Waals surface area contributed by atoms with Gasteiger partial charge in [0.15, 0.2) is 0 Å². The summed E-state index contributed by atoms with van der Waals surface area (Å²) in [6.45, 7) is 0.705. The third kappa shape index (κ3) is 1.88. The summed E-state index contributed by atoms with van der Waals surface area (Å²) in [7, 11) is 0. The molecule has 0 bridgehead atoms. The van der Waals surface area contributed by atoms with Gasteiger partial charge in [-0.25, -0.2) is 8.78 Å². The van der Waals surface area contributed by atoms with Crippen LogP contribution in [0, 0.1) is 0 Å². The highest BCUT2D eigenvalue weighted by atomic mass is 19.1. The quantitative estimate of drug-likeness (QED) is 0.463. The van der Waals surface area contributed by atoms with E-state index in [0.29, 0.717) is 0 Å². The maximum absolute atomic E-state index is 11.1. The van der Waals surface area contributed by atoms with Gasteiger partial charge in [-0.1, -0.05) is 0 Å². The summed E-state index contributed by atoms with van der Waals surface area (Å²) in [6, 6.07) is 0. The van der Waals surface area contributed by atoms with Crippen LogP contribution in [0.25, 0.3) is 0 Å². The van der Waals surface area contributed by atoms with E-state index >= 15 is 0 Å². The lowest BCUT2D eigenvalue weighted by atomic mass is 10.4. The monoisotopic (exact) mass is 92.0 g/mol. The predicted molar refractivity (Wildman–Crippen MR) is 20.8 cm³/mol. The van der Waals surface area contributed by atoms with Crippen molar-refractivity contribution in [1.82, 2.24) is 0 Å². The molecule has 0 unspecified atom stereocenters. The van der Waals surface area contributed by atoms with E-state index in [9.17, 15) is 8.78 Å². The lowest BCUT2D eigenvalue weighted by molar-refractivity contribution is 0.533. The molecule has 0 saturated carbocycles. The zero-order chi connectivity index (χ0) is 4.99. The smallest absolute Gasteiger partial charge is 0.113 e. The average Bonchev–Trinajstić information content (AvgIpc) is 1.65. The molecule has 0 aliphatic heterocycles. The minimum Gasteiger partial charge on any atom is -0.246 e. The van der Waals surface area contributed by atoms with Gasteiger partial charge in [-0.15, -0.1) is 0 Å². The fourth-order valence-corrected chi connectivity index (χ4v) is 0.0292. The summed E-state index contributed by atoms with van der Waals surface area (Å²) in [5, 5.41) is 0. The first-order chi connectivity index (χ1) is 2.81. The molecule has 0 nitrogen and oxygen atoms in total. The van der Waals surface area contributed by atoms with Gasteiger partial charge in [0, 0.05) is 0 Å². The zero-order valence-corrected chi connectivity index (χ0v) is 3.54. The van der Waals surface area contributed by atoms with Crippen molar-refractivity contribution in [3.63, 3.8) is 0 Å². The zero-order valence-electron chi connectivity index (χ0n) is 3.54. The molecular weight excluding hydrogens is 86.0 g/mol. The van der Waals surface area contributed by atoms with Gasteiger partial charge in [0.1, 0.15) is 6.67 Å². The topological polar surface area (TPSA) is 0 Å². The Morgan fingerprint density at radius 3 is 2.33 bits per heavy atom. The molecule has 36 valence electrons. The van der Waals surface area contributed by atoms with Crippen molar-refractivity contribution in [3.8, 4) is 0 Å². The van der Waals surface area contributed by atoms with E-state index in [0.717, 1.165) is 0 Å². The fraction of sp³-hybridized carbons (Fsp3) is 0.500. The van der Waals surface area contributed by atoms with Crippen molar-refractivity contribution < 1.29 is 8.78 Å². The van der Waals surface area contributed by atoms with E-state index in [4.69, 9.17) is 0 Å². The second-order valence-electron chi connectivity index (χ2n) is 1.09. The third-order valence-corrected chi connectivity index (χ3v) is 0.397. The molecule has 0 aromatic carbocycles. The Morgan fingerprint density at radius 1 is 1.83 bits per heavy atom. The minimum atomic E-state index is -0.684. The minimum absolute atomic E-state index is 0.134. The summed E-state index contributed by atoms with van der Waals surface area (Å²) < 4.78 is 22.1. The van der Waals surface area contributed by atoms with Crippen molar-refractivity contribution in [1.29, 1.82) is 0 Å². The van der Waals surface area contributed by atoms with E-state index in [-0.39, 0.29) is 11.9 Å². The van der Waals surface area contributed by atoms with Gasteiger partial charge < -0.3 is 0 Å². The Kier molecular flexibility index (Phi) is 2.63. The van der Waals surface area contributed by atoms with E-state index in [1.807, 2.05) is 0 Å². The molecule has 0 aliphatic rings. The summed E-state index contributed by atoms with van der Waals surface area (Å²) in [6.07, 6.45) is 0.264. The molecule has 0 rings (SSSR count). The van der Waals surface area contributed by atoms with Crippen LogP contribution in [0.5, 0.6) is 0 Å². The Labute approximate surface area is 35.5 Å². The molecule has 0 radical (unpaired) electrons. The molecule has 0 atom stereocenters. The molecular formula is C4H6F2. The normalized spacial score (nSPS) is 12.2. The Morgan fingerprint density at radius 2 is 2.33 bits per heavy atom. The highest BCUT2D eigenvalue weighted by molar-refractivity contribution is 4.90. The van der Waals surface area contributed by atoms with E-state index in [1.165, 1.54) is 6.92 Å². The molecule has 0 heterocycles. The second-order valence-corrected chi connectivity index (χ2v) is 1.09. The van der Waals surface area contributed by atoms with Crippen molar-refractivity contribution in [2.24, 2.45) is 0 Å². The molecule has 0 aliphatic carbocycles. The van der Waals surface area contributed by atoms with Gasteiger partial charge in [0.05, 0.1) is 6.33 Å². The molecule has 2 heteroatoms. The van der Waals surface area contributed by atoms with E-state index in [1.54, 1.807) is 0 Å². The van der Waals surface area contributed by atoms with Crippen molar-refractivity contribution >= 4 is 0 Å². The van der Waals surface area contributed by atoms with Gasteiger partial charge in [0.25, 0.3) is 0 Å². The summed E-state index contributed by atoms with van der Waals surface area (Å²) in [4.78, 5) is 0. The first-order valence-electron chi connectivity index (χ1n) is 1.63. The molecule has 0 aromatic heterocycles. The number of rotatable bonds is 1. The van der Waals surface area contributed by atoms with Crippen LogP contribution in [-0.4, -0.2) is 6.67 Å². The SMILES string of the molecule is C/C(=C\F)CF. The van der Waals surface area contributed by atoms with E-state index in [2.05, 4.69) is 0 Å². The molecule has 0 N–H and O–H groups in total. The lowest BCUT2D eigenvalue weighted by Crippen LogP contribution is -1.71. The average molecular weight is 92.1 g/mol. The standard InChI is InChI=1S/C4H6F2/c1-4(2-5)3-6/h2H,3H2,1H3/b4-2+. The maximum atomic E-state index is 11.1. The Hall–Kier alpha value is -0.400. The molecule has 0 spiro atoms. The molecule has 0 amide bonds. The number of alkyl halides is 1. The number of halogens is 2. The van der Waals surface area contributed by atoms with Gasteiger partial charge in [-0.3, -0.25) is 0 Å². The molecule has 6 heavy (non-hydrogen) atoms. The van der Waals surface area contributed by atoms with Gasteiger partial charge >= 0.3 is 0 Å². The summed E-state index contributed by atoms with van der Waals surface area (Å²) in [5.74, 6) is 0. The van der Waals surface area contributed by atoms with Crippen molar-refractivity contribution in [3.05, 3.63) is 11.9 Å². The molecule has 0 saturated heterocycles. The van der Waals surface area contributed by atoms with Crippen molar-refractivity contribution in [2.45, 2.75) is 6.92 Å². The van der Waals surface area contributed by atoms with Crippen LogP contribution in [0.3, 0.4) is 0 Å². The first kappa shape index (κ1) is 5.60. The lowest BCUT2D eigenvalue weighted by Gasteiger charge is -1.79. The number of hydrogen-bond donors (Lipinski definition) is 0. The first-order valence-corrected chi connectivity index (χ1v) is 1.63. The van der Waals surface area contributed by atoms with Crippen LogP contribution < -0.4 is 0 Å². The van der Waals surface area contributed by atoms with Crippen LogP contribution in [0.1, 0.15) is 6.92 Å². The predicted octanol–water partition coefficient (Wildman–Crippen LogP) is 1.83. The van der Waals surface area contributed by atoms with E-state index < -0.39 is 6.67 Å². The fourth-order valence-electron chi connectivity index (χ4n) is 0.0292. The van der Waals surface area contributed by atoms with Gasteiger partial charge in [-0.05, 0) is 12.5 Å². The van der Waals surface area contributed by atoms with Gasteiger partial charge in [0.2, 0.25) is 0 Å². The third-order valence-electron chi connectivity index (χ3n) is 0.397. The maximum Gasteiger partial charge on any atom is 0.113 e. The highest BCUT2D eigenvalue weighted by Gasteiger charge is 1.79. The number of allylic oxidation sites excluding steroid dienone is 1. The van der Waals surface area contributed by atoms with Crippen LogP contribution >= 0.6 is 0 Å². The Bertz CT molecular complexity index is 56.6. The summed E-state index contributed by atoms with van der Waals surface area (Å²) >= 11 is 0. The van der Waals surface area contributed by atoms with Gasteiger partial charge in [-0.2, -0.15) is 0 Å². The summed E-state index contributed by atoms with van der Waals surface area (Å²) in [5.41, 5.74) is 0.134. The highest BCUT2D eigenvalue weighted by Crippen LogP contribution is 1.90. The van der Waals surface area contributed by atoms with Crippen LogP contribution in [-0.2, 0) is 0 Å². The second kappa shape index (κ2) is 2.82. The molecule has 0 aromatic rings. The van der Waals surface area contributed by atoms with Crippen molar-refractivity contribution in [2.75, 3.05) is 6.67 Å². The van der Waals surface area contributed by atoms with Crippen LogP contribution in [0.4, 0.5) is 8.78 Å². The Balaban J connectivity index is 3.22. The van der Waals surface area contributed by atoms with Crippen LogP contribution in [0.2, 0.25) is 0 Å². The number of hydrogen-bond acceptors (Lipinski definition) is 0. The largest absolute Gasteiger partial charge is 0.246 e. The molecule has 0 fully saturated rings.